The van der Waals surface area contributed by atoms with E-state index < -0.39 is 5.97 Å². The quantitative estimate of drug-likeness (QED) is 0.360. The summed E-state index contributed by atoms with van der Waals surface area (Å²) in [6, 6.07) is 14.8. The number of halogens is 1. The maximum absolute atomic E-state index is 12.8. The fraction of sp³-hybridized carbons (Fsp3) is 0.217. The van der Waals surface area contributed by atoms with Gasteiger partial charge >= 0.3 is 5.97 Å². The van der Waals surface area contributed by atoms with Crippen molar-refractivity contribution in [1.82, 2.24) is 14.9 Å². The van der Waals surface area contributed by atoms with E-state index in [1.54, 1.807) is 29.8 Å². The molecule has 164 valence electrons. The minimum Gasteiger partial charge on any atom is -0.494 e. The molecule has 1 aliphatic heterocycles. The third kappa shape index (κ3) is 4.87. The Kier molecular flexibility index (Phi) is 6.92. The molecule has 0 saturated heterocycles. The third-order valence-corrected chi connectivity index (χ3v) is 5.76. The maximum Gasteiger partial charge on any atom is 0.340 e. The van der Waals surface area contributed by atoms with Crippen LogP contribution < -0.4 is 4.74 Å². The van der Waals surface area contributed by atoms with Gasteiger partial charge in [-0.3, -0.25) is 0 Å². The summed E-state index contributed by atoms with van der Waals surface area (Å²) in [5.74, 6) is 1.39. The molecule has 0 aliphatic carbocycles. The maximum atomic E-state index is 12.8. The Hall–Kier alpha value is -3.10. The summed E-state index contributed by atoms with van der Waals surface area (Å²) in [7, 11) is 0. The number of aromatic nitrogens is 3. The fourth-order valence-electron chi connectivity index (χ4n) is 3.10. The van der Waals surface area contributed by atoms with Crippen LogP contribution in [0.5, 0.6) is 5.75 Å². The van der Waals surface area contributed by atoms with Gasteiger partial charge in [0.25, 0.3) is 0 Å². The zero-order chi connectivity index (χ0) is 22.5. The van der Waals surface area contributed by atoms with Gasteiger partial charge in [-0.15, -0.1) is 10.2 Å². The number of rotatable bonds is 7. The molecule has 0 amide bonds. The molecule has 0 atom stereocenters. The molecule has 1 aromatic heterocycles. The Morgan fingerprint density at radius 3 is 2.53 bits per heavy atom. The van der Waals surface area contributed by atoms with E-state index in [1.165, 1.54) is 11.8 Å². The molecular weight excluding hydrogens is 448 g/mol. The number of hydrogen-bond donors (Lipinski definition) is 0. The van der Waals surface area contributed by atoms with Crippen LogP contribution in [0.25, 0.3) is 17.5 Å². The summed E-state index contributed by atoms with van der Waals surface area (Å²) < 4.78 is 12.5. The molecule has 0 spiro atoms. The highest BCUT2D eigenvalue weighted by Gasteiger charge is 2.25. The first-order valence-corrected chi connectivity index (χ1v) is 11.5. The monoisotopic (exact) mass is 468 g/mol. The van der Waals surface area contributed by atoms with Crippen molar-refractivity contribution in [1.29, 1.82) is 0 Å². The lowest BCUT2D eigenvalue weighted by molar-refractivity contribution is -0.137. The van der Waals surface area contributed by atoms with Crippen LogP contribution in [0.2, 0.25) is 5.02 Å². The van der Waals surface area contributed by atoms with Gasteiger partial charge in [-0.25, -0.2) is 4.79 Å². The average molecular weight is 469 g/mol. The summed E-state index contributed by atoms with van der Waals surface area (Å²) in [4.78, 5) is 12.8. The van der Waals surface area contributed by atoms with Gasteiger partial charge in [0.15, 0.2) is 5.82 Å². The lowest BCUT2D eigenvalue weighted by Crippen LogP contribution is -2.21. The highest BCUT2D eigenvalue weighted by Crippen LogP contribution is 2.29. The third-order valence-electron chi connectivity index (χ3n) is 4.58. The van der Waals surface area contributed by atoms with E-state index >= 15 is 0 Å². The van der Waals surface area contributed by atoms with Crippen molar-refractivity contribution in [3.8, 4) is 17.1 Å². The Labute approximate surface area is 195 Å². The van der Waals surface area contributed by atoms with Gasteiger partial charge in [0.2, 0.25) is 5.16 Å². The van der Waals surface area contributed by atoms with Crippen LogP contribution in [0, 0.1) is 0 Å². The number of nitrogens with zero attached hydrogens (tertiary/aromatic N) is 4. The molecule has 0 saturated carbocycles. The van der Waals surface area contributed by atoms with Crippen molar-refractivity contribution in [2.45, 2.75) is 19.0 Å². The summed E-state index contributed by atoms with van der Waals surface area (Å²) in [5, 5.41) is 14.5. The van der Waals surface area contributed by atoms with Crippen LogP contribution in [0.15, 0.2) is 64.4 Å². The molecule has 32 heavy (non-hydrogen) atoms. The number of carbonyl (C=O) groups is 1. The zero-order valence-corrected chi connectivity index (χ0v) is 19.2. The van der Waals surface area contributed by atoms with E-state index in [9.17, 15) is 4.79 Å². The molecule has 3 aromatic rings. The number of ether oxygens (including phenoxy) is 2. The molecule has 9 heteroatoms. The topological polar surface area (TPSA) is 78.6 Å². The lowest BCUT2D eigenvalue weighted by Gasteiger charge is -2.16. The van der Waals surface area contributed by atoms with E-state index in [2.05, 4.69) is 10.2 Å². The minimum absolute atomic E-state index is 0.272. The second-order valence-corrected chi connectivity index (χ2v) is 8.12. The van der Waals surface area contributed by atoms with Crippen molar-refractivity contribution in [3.63, 3.8) is 0 Å². The Balaban J connectivity index is 1.73. The van der Waals surface area contributed by atoms with Crippen molar-refractivity contribution < 1.29 is 14.3 Å². The second kappa shape index (κ2) is 10.0. The van der Waals surface area contributed by atoms with Gasteiger partial charge in [0.05, 0.1) is 24.5 Å². The predicted molar refractivity (Wildman–Crippen MR) is 126 cm³/mol. The van der Waals surface area contributed by atoms with Crippen LogP contribution in [0.4, 0.5) is 0 Å². The smallest absolute Gasteiger partial charge is 0.340 e. The first-order chi connectivity index (χ1) is 15.6. The Bertz CT molecular complexity index is 1170. The molecule has 0 bridgehead atoms. The van der Waals surface area contributed by atoms with Crippen LogP contribution in [0.1, 0.15) is 19.4 Å². The van der Waals surface area contributed by atoms with Gasteiger partial charge in [0.1, 0.15) is 5.75 Å². The molecule has 0 fully saturated rings. The second-order valence-electron chi connectivity index (χ2n) is 6.74. The standard InChI is InChI=1S/C23H21ClN4O3S/c1-3-30-18-11-5-15(6-12-18)13-19(22(29)31-4-2)20-14-32-23-26-25-21(28(23)27-20)16-7-9-17(24)10-8-16/h5-13H,3-4,14H2,1-2H3/b19-13-. The van der Waals surface area contributed by atoms with Gasteiger partial charge in [-0.05, 0) is 61.9 Å². The highest BCUT2D eigenvalue weighted by atomic mass is 35.5. The number of hydrogen-bond acceptors (Lipinski definition) is 7. The number of benzene rings is 2. The fourth-order valence-corrected chi connectivity index (χ4v) is 4.05. The molecule has 2 heterocycles. The molecule has 1 aliphatic rings. The van der Waals surface area contributed by atoms with E-state index in [1.807, 2.05) is 43.3 Å². The molecule has 0 N–H and O–H groups in total. The van der Waals surface area contributed by atoms with Crippen LogP contribution in [-0.2, 0) is 9.53 Å². The SMILES string of the molecule is CCOC(=O)/C(=C\c1ccc(OCC)cc1)C1=Nn2c(nnc2-c2ccc(Cl)cc2)SC1. The molecule has 2 aromatic carbocycles. The van der Waals surface area contributed by atoms with Crippen molar-refractivity contribution in [2.75, 3.05) is 19.0 Å². The predicted octanol–water partition coefficient (Wildman–Crippen LogP) is 4.95. The van der Waals surface area contributed by atoms with E-state index in [0.717, 1.165) is 16.9 Å². The number of esters is 1. The minimum atomic E-state index is -0.426. The summed E-state index contributed by atoms with van der Waals surface area (Å²) >= 11 is 7.47. The first kappa shape index (κ1) is 22.1. The Morgan fingerprint density at radius 1 is 1.09 bits per heavy atom. The molecule has 0 radical (unpaired) electrons. The number of thioether (sulfide) groups is 1. The van der Waals surface area contributed by atoms with Crippen LogP contribution in [-0.4, -0.2) is 45.5 Å². The van der Waals surface area contributed by atoms with E-state index in [4.69, 9.17) is 26.2 Å². The largest absolute Gasteiger partial charge is 0.494 e. The molecule has 7 nitrogen and oxygen atoms in total. The van der Waals surface area contributed by atoms with Crippen LogP contribution in [0.3, 0.4) is 0 Å². The molecule has 4 rings (SSSR count). The van der Waals surface area contributed by atoms with Crippen molar-refractivity contribution >= 4 is 41.1 Å². The normalized spacial score (nSPS) is 13.3. The number of carbonyl (C=O) groups excluding carboxylic acids is 1. The first-order valence-electron chi connectivity index (χ1n) is 10.1. The van der Waals surface area contributed by atoms with Crippen LogP contribution >= 0.6 is 23.4 Å². The van der Waals surface area contributed by atoms with Gasteiger partial charge in [-0.1, -0.05) is 35.5 Å². The average Bonchev–Trinajstić information content (AvgIpc) is 3.22. The summed E-state index contributed by atoms with van der Waals surface area (Å²) in [6.45, 7) is 4.58. The number of fused-ring (bicyclic) bond motifs is 1. The van der Waals surface area contributed by atoms with Crippen molar-refractivity contribution in [2.24, 2.45) is 5.10 Å². The van der Waals surface area contributed by atoms with Gasteiger partial charge < -0.3 is 9.47 Å². The summed E-state index contributed by atoms with van der Waals surface area (Å²) in [6.07, 6.45) is 1.78. The van der Waals surface area contributed by atoms with Gasteiger partial charge in [0, 0.05) is 16.3 Å². The zero-order valence-electron chi connectivity index (χ0n) is 17.6. The molecular formula is C23H21ClN4O3S. The Morgan fingerprint density at radius 2 is 1.84 bits per heavy atom. The van der Waals surface area contributed by atoms with Gasteiger partial charge in [-0.2, -0.15) is 9.78 Å². The van der Waals surface area contributed by atoms with Crippen molar-refractivity contribution in [3.05, 3.63) is 64.7 Å². The highest BCUT2D eigenvalue weighted by molar-refractivity contribution is 7.99. The van der Waals surface area contributed by atoms with E-state index in [0.29, 0.717) is 39.6 Å². The molecule has 0 unspecified atom stereocenters. The lowest BCUT2D eigenvalue weighted by atomic mass is 10.1. The summed E-state index contributed by atoms with van der Waals surface area (Å²) in [5.41, 5.74) is 2.65. The van der Waals surface area contributed by atoms with E-state index in [-0.39, 0.29) is 6.61 Å².